The summed E-state index contributed by atoms with van der Waals surface area (Å²) in [6.45, 7) is 0.807. The standard InChI is InChI=1S/C5H6F3NO3/c1-2(10)9-3(4(11)12)5(6,7)8/h3H,1H3,(H,9,10)(H,11,12)/t3-/m1/s1. The monoisotopic (exact) mass is 185 g/mol. The SMILES string of the molecule is CC(=O)N[C@H](C(=O)O)C(F)(F)F. The van der Waals surface area contributed by atoms with Crippen LogP contribution in [0.2, 0.25) is 0 Å². The molecule has 0 bridgehead atoms. The highest BCUT2D eigenvalue weighted by atomic mass is 19.4. The lowest BCUT2D eigenvalue weighted by Crippen LogP contribution is -2.49. The highest BCUT2D eigenvalue weighted by Crippen LogP contribution is 2.20. The number of hydrogen-bond acceptors (Lipinski definition) is 2. The summed E-state index contributed by atoms with van der Waals surface area (Å²) >= 11 is 0. The molecule has 0 spiro atoms. The number of nitrogens with one attached hydrogen (secondary N) is 1. The summed E-state index contributed by atoms with van der Waals surface area (Å²) in [4.78, 5) is 20.1. The van der Waals surface area contributed by atoms with E-state index in [1.54, 1.807) is 0 Å². The third kappa shape index (κ3) is 3.22. The fourth-order valence-electron chi connectivity index (χ4n) is 0.487. The van der Waals surface area contributed by atoms with Gasteiger partial charge >= 0.3 is 12.1 Å². The van der Waals surface area contributed by atoms with Crippen LogP contribution in [0.15, 0.2) is 0 Å². The topological polar surface area (TPSA) is 66.4 Å². The second-order valence-corrected chi connectivity index (χ2v) is 2.01. The molecule has 0 aromatic rings. The Bertz CT molecular complexity index is 201. The van der Waals surface area contributed by atoms with Crippen molar-refractivity contribution in [2.45, 2.75) is 19.1 Å². The van der Waals surface area contributed by atoms with Crippen molar-refractivity contribution in [2.24, 2.45) is 0 Å². The molecule has 0 unspecified atom stereocenters. The maximum Gasteiger partial charge on any atom is 0.419 e. The van der Waals surface area contributed by atoms with Gasteiger partial charge in [-0.1, -0.05) is 0 Å². The summed E-state index contributed by atoms with van der Waals surface area (Å²) in [5, 5.41) is 9.28. The van der Waals surface area contributed by atoms with Crippen molar-refractivity contribution in [1.82, 2.24) is 5.32 Å². The fraction of sp³-hybridized carbons (Fsp3) is 0.600. The molecule has 0 saturated carbocycles. The predicted molar refractivity (Wildman–Crippen MR) is 31.3 cm³/mol. The zero-order chi connectivity index (χ0) is 9.94. The van der Waals surface area contributed by atoms with E-state index in [2.05, 4.69) is 0 Å². The first-order valence-electron chi connectivity index (χ1n) is 2.81. The van der Waals surface area contributed by atoms with E-state index >= 15 is 0 Å². The van der Waals surface area contributed by atoms with Crippen molar-refractivity contribution < 1.29 is 27.9 Å². The predicted octanol–water partition coefficient (Wildman–Crippen LogP) is 0.138. The molecule has 0 aromatic carbocycles. The molecule has 0 aromatic heterocycles. The van der Waals surface area contributed by atoms with Crippen LogP contribution in [-0.4, -0.2) is 29.2 Å². The summed E-state index contributed by atoms with van der Waals surface area (Å²) in [6, 6.07) is -2.82. The lowest BCUT2D eigenvalue weighted by atomic mass is 10.3. The number of alkyl halides is 3. The number of amides is 1. The second kappa shape index (κ2) is 3.42. The minimum Gasteiger partial charge on any atom is -0.479 e. The third-order valence-corrected chi connectivity index (χ3v) is 0.922. The van der Waals surface area contributed by atoms with Gasteiger partial charge in [0.05, 0.1) is 0 Å². The lowest BCUT2D eigenvalue weighted by Gasteiger charge is -2.15. The Labute approximate surface area is 65.4 Å². The smallest absolute Gasteiger partial charge is 0.419 e. The van der Waals surface area contributed by atoms with Crippen LogP contribution in [0.4, 0.5) is 13.2 Å². The number of rotatable bonds is 2. The van der Waals surface area contributed by atoms with Crippen LogP contribution in [0, 0.1) is 0 Å². The van der Waals surface area contributed by atoms with Gasteiger partial charge in [-0.3, -0.25) is 4.79 Å². The quantitative estimate of drug-likeness (QED) is 0.642. The Kier molecular flexibility index (Phi) is 3.06. The molecule has 0 fully saturated rings. The summed E-state index contributed by atoms with van der Waals surface area (Å²) < 4.78 is 35.2. The van der Waals surface area contributed by atoms with E-state index in [0.29, 0.717) is 0 Å². The zero-order valence-electron chi connectivity index (χ0n) is 5.97. The van der Waals surface area contributed by atoms with Gasteiger partial charge in [0.25, 0.3) is 0 Å². The normalized spacial score (nSPS) is 13.7. The molecule has 4 nitrogen and oxygen atoms in total. The molecule has 0 radical (unpaired) electrons. The van der Waals surface area contributed by atoms with Crippen molar-refractivity contribution in [1.29, 1.82) is 0 Å². The molecule has 0 aliphatic rings. The number of carboxylic acid groups (broad SMARTS) is 1. The van der Waals surface area contributed by atoms with E-state index in [1.165, 1.54) is 5.32 Å². The molecule has 70 valence electrons. The molecule has 7 heteroatoms. The van der Waals surface area contributed by atoms with Crippen molar-refractivity contribution in [3.05, 3.63) is 0 Å². The molecule has 0 heterocycles. The molecular formula is C5H6F3NO3. The first-order valence-corrected chi connectivity index (χ1v) is 2.81. The molecule has 1 atom stereocenters. The number of carbonyl (C=O) groups excluding carboxylic acids is 1. The van der Waals surface area contributed by atoms with Gasteiger partial charge in [0.2, 0.25) is 11.9 Å². The van der Waals surface area contributed by atoms with E-state index in [1.807, 2.05) is 0 Å². The number of halogens is 3. The Balaban J connectivity index is 4.46. The average Bonchev–Trinajstić information content (AvgIpc) is 1.79. The summed E-state index contributed by atoms with van der Waals surface area (Å²) in [7, 11) is 0. The molecule has 12 heavy (non-hydrogen) atoms. The van der Waals surface area contributed by atoms with E-state index in [0.717, 1.165) is 6.92 Å². The third-order valence-electron chi connectivity index (χ3n) is 0.922. The van der Waals surface area contributed by atoms with Gasteiger partial charge in [-0.05, 0) is 0 Å². The van der Waals surface area contributed by atoms with Gasteiger partial charge in [0.1, 0.15) is 0 Å². The van der Waals surface area contributed by atoms with Crippen LogP contribution in [0.25, 0.3) is 0 Å². The van der Waals surface area contributed by atoms with Crippen molar-refractivity contribution in [2.75, 3.05) is 0 Å². The van der Waals surface area contributed by atoms with Gasteiger partial charge in [0, 0.05) is 6.92 Å². The second-order valence-electron chi connectivity index (χ2n) is 2.01. The van der Waals surface area contributed by atoms with Crippen LogP contribution < -0.4 is 5.32 Å². The van der Waals surface area contributed by atoms with Crippen molar-refractivity contribution in [3.63, 3.8) is 0 Å². The number of hydrogen-bond donors (Lipinski definition) is 2. The largest absolute Gasteiger partial charge is 0.479 e. The van der Waals surface area contributed by atoms with E-state index in [9.17, 15) is 22.8 Å². The molecule has 0 saturated heterocycles. The summed E-state index contributed by atoms with van der Waals surface area (Å²) in [6.07, 6.45) is -4.96. The molecular weight excluding hydrogens is 179 g/mol. The Morgan fingerprint density at radius 2 is 1.83 bits per heavy atom. The summed E-state index contributed by atoms with van der Waals surface area (Å²) in [5.74, 6) is -3.17. The Morgan fingerprint density at radius 3 is 1.92 bits per heavy atom. The number of aliphatic carboxylic acids is 1. The van der Waals surface area contributed by atoms with Crippen LogP contribution in [-0.2, 0) is 9.59 Å². The van der Waals surface area contributed by atoms with Gasteiger partial charge < -0.3 is 10.4 Å². The first-order chi connectivity index (χ1) is 5.25. The van der Waals surface area contributed by atoms with Crippen LogP contribution in [0.3, 0.4) is 0 Å². The van der Waals surface area contributed by atoms with Gasteiger partial charge in [0.15, 0.2) is 0 Å². The lowest BCUT2D eigenvalue weighted by molar-refractivity contribution is -0.181. The van der Waals surface area contributed by atoms with Gasteiger partial charge in [-0.25, -0.2) is 4.79 Å². The van der Waals surface area contributed by atoms with Crippen LogP contribution in [0.1, 0.15) is 6.92 Å². The molecule has 0 aliphatic heterocycles. The number of carbonyl (C=O) groups is 2. The minimum atomic E-state index is -4.96. The van der Waals surface area contributed by atoms with E-state index in [4.69, 9.17) is 5.11 Å². The highest BCUT2D eigenvalue weighted by molar-refractivity contribution is 5.82. The fourth-order valence-corrected chi connectivity index (χ4v) is 0.487. The maximum absolute atomic E-state index is 11.7. The zero-order valence-corrected chi connectivity index (χ0v) is 5.97. The average molecular weight is 185 g/mol. The molecule has 2 N–H and O–H groups in total. The van der Waals surface area contributed by atoms with Crippen LogP contribution in [0.5, 0.6) is 0 Å². The molecule has 0 rings (SSSR count). The Hall–Kier alpha value is -1.27. The van der Waals surface area contributed by atoms with E-state index in [-0.39, 0.29) is 0 Å². The van der Waals surface area contributed by atoms with Crippen molar-refractivity contribution in [3.8, 4) is 0 Å². The molecule has 0 aliphatic carbocycles. The van der Waals surface area contributed by atoms with E-state index < -0.39 is 24.1 Å². The van der Waals surface area contributed by atoms with Gasteiger partial charge in [-0.15, -0.1) is 0 Å². The summed E-state index contributed by atoms with van der Waals surface area (Å²) in [5.41, 5.74) is 0. The first kappa shape index (κ1) is 10.7. The molecule has 1 amide bonds. The van der Waals surface area contributed by atoms with Crippen molar-refractivity contribution >= 4 is 11.9 Å². The Morgan fingerprint density at radius 1 is 1.42 bits per heavy atom. The maximum atomic E-state index is 11.7. The minimum absolute atomic E-state index is 0.807. The van der Waals surface area contributed by atoms with Gasteiger partial charge in [-0.2, -0.15) is 13.2 Å². The number of carboxylic acids is 1. The van der Waals surface area contributed by atoms with Crippen LogP contribution >= 0.6 is 0 Å². The highest BCUT2D eigenvalue weighted by Gasteiger charge is 2.45.